The first kappa shape index (κ1) is 14.9. The molecule has 2 aromatic carbocycles. The maximum absolute atomic E-state index is 12.1. The monoisotopic (exact) mass is 321 g/mol. The zero-order chi connectivity index (χ0) is 16.4. The second-order valence-electron chi connectivity index (χ2n) is 6.23. The summed E-state index contributed by atoms with van der Waals surface area (Å²) in [4.78, 5) is 12.1. The third kappa shape index (κ3) is 3.03. The molecule has 5 heteroatoms. The van der Waals surface area contributed by atoms with Crippen LogP contribution < -0.4 is 10.6 Å². The summed E-state index contributed by atoms with van der Waals surface area (Å²) < 4.78 is 5.36. The maximum Gasteiger partial charge on any atom is 0.273 e. The average Bonchev–Trinajstić information content (AvgIpc) is 3.02. The van der Waals surface area contributed by atoms with Gasteiger partial charge in [-0.05, 0) is 16.3 Å². The number of nitrogens with zero attached hydrogens (tertiary/aromatic N) is 1. The highest BCUT2D eigenvalue weighted by Crippen LogP contribution is 2.21. The molecule has 2 N–H and O–H groups in total. The topological polar surface area (TPSA) is 67.2 Å². The normalized spacial score (nSPS) is 14.5. The molecule has 3 aromatic rings. The highest BCUT2D eigenvalue weighted by molar-refractivity contribution is 5.92. The molecule has 0 saturated carbocycles. The van der Waals surface area contributed by atoms with E-state index in [9.17, 15) is 4.79 Å². The second-order valence-corrected chi connectivity index (χ2v) is 6.23. The first-order chi connectivity index (χ1) is 11.8. The van der Waals surface area contributed by atoms with Crippen LogP contribution in [0.4, 0.5) is 0 Å². The van der Waals surface area contributed by atoms with E-state index in [4.69, 9.17) is 4.52 Å². The highest BCUT2D eigenvalue weighted by Gasteiger charge is 2.19. The van der Waals surface area contributed by atoms with E-state index in [0.29, 0.717) is 30.3 Å². The van der Waals surface area contributed by atoms with Gasteiger partial charge in [0.05, 0.1) is 0 Å². The molecule has 5 nitrogen and oxygen atoms in total. The number of carbonyl (C=O) groups excluding carboxylic acids is 1. The van der Waals surface area contributed by atoms with Crippen LogP contribution in [0.25, 0.3) is 10.8 Å². The number of benzene rings is 2. The van der Waals surface area contributed by atoms with Gasteiger partial charge < -0.3 is 15.2 Å². The molecule has 24 heavy (non-hydrogen) atoms. The van der Waals surface area contributed by atoms with E-state index in [0.717, 1.165) is 18.7 Å². The van der Waals surface area contributed by atoms with Crippen molar-refractivity contribution in [2.45, 2.75) is 6.42 Å². The smallest absolute Gasteiger partial charge is 0.273 e. The molecule has 4 rings (SSSR count). The molecule has 0 atom stereocenters. The van der Waals surface area contributed by atoms with Gasteiger partial charge in [0.1, 0.15) is 5.76 Å². The number of fused-ring (bicyclic) bond motifs is 1. The SMILES string of the molecule is O=C(NCC1CNC1)c1cc(Cc2cccc3ccccc23)on1. The van der Waals surface area contributed by atoms with Crippen LogP contribution in [0.3, 0.4) is 0 Å². The Bertz CT molecular complexity index is 862. The van der Waals surface area contributed by atoms with Gasteiger partial charge in [0.2, 0.25) is 0 Å². The van der Waals surface area contributed by atoms with Gasteiger partial charge in [0, 0.05) is 38.0 Å². The number of amides is 1. The lowest BCUT2D eigenvalue weighted by molar-refractivity contribution is 0.0933. The zero-order valence-electron chi connectivity index (χ0n) is 13.3. The molecule has 0 radical (unpaired) electrons. The largest absolute Gasteiger partial charge is 0.360 e. The molecule has 0 aliphatic carbocycles. The number of hydrogen-bond donors (Lipinski definition) is 2. The van der Waals surface area contributed by atoms with Gasteiger partial charge in [0.15, 0.2) is 5.69 Å². The standard InChI is InChI=1S/C19H19N3O2/c23-19(21-12-13-10-20-11-13)18-9-16(24-22-18)8-15-6-3-5-14-4-1-2-7-17(14)15/h1-7,9,13,20H,8,10-12H2,(H,21,23). The Morgan fingerprint density at radius 3 is 2.88 bits per heavy atom. The Morgan fingerprint density at radius 2 is 2.04 bits per heavy atom. The van der Waals surface area contributed by atoms with E-state index in [1.54, 1.807) is 6.07 Å². The number of hydrogen-bond acceptors (Lipinski definition) is 4. The van der Waals surface area contributed by atoms with Crippen LogP contribution in [-0.2, 0) is 6.42 Å². The van der Waals surface area contributed by atoms with Crippen molar-refractivity contribution in [2.75, 3.05) is 19.6 Å². The highest BCUT2D eigenvalue weighted by atomic mass is 16.5. The lowest BCUT2D eigenvalue weighted by Crippen LogP contribution is -2.48. The van der Waals surface area contributed by atoms with Crippen molar-refractivity contribution >= 4 is 16.7 Å². The van der Waals surface area contributed by atoms with Crippen molar-refractivity contribution < 1.29 is 9.32 Å². The van der Waals surface area contributed by atoms with E-state index in [-0.39, 0.29) is 5.91 Å². The Morgan fingerprint density at radius 1 is 1.21 bits per heavy atom. The Kier molecular flexibility index (Phi) is 4.01. The van der Waals surface area contributed by atoms with Crippen molar-refractivity contribution in [1.82, 2.24) is 15.8 Å². The van der Waals surface area contributed by atoms with Gasteiger partial charge in [-0.25, -0.2) is 0 Å². The van der Waals surface area contributed by atoms with Gasteiger partial charge in [-0.3, -0.25) is 4.79 Å². The van der Waals surface area contributed by atoms with Gasteiger partial charge >= 0.3 is 0 Å². The molecule has 0 bridgehead atoms. The van der Waals surface area contributed by atoms with Crippen LogP contribution in [0.5, 0.6) is 0 Å². The Labute approximate surface area is 140 Å². The second kappa shape index (κ2) is 6.45. The van der Waals surface area contributed by atoms with Crippen LogP contribution in [0.1, 0.15) is 21.8 Å². The summed E-state index contributed by atoms with van der Waals surface area (Å²) in [6, 6.07) is 16.2. The van der Waals surface area contributed by atoms with E-state index < -0.39 is 0 Å². The number of rotatable bonds is 5. The molecule has 1 aliphatic heterocycles. The van der Waals surface area contributed by atoms with Crippen molar-refractivity contribution in [3.63, 3.8) is 0 Å². The molecule has 1 saturated heterocycles. The van der Waals surface area contributed by atoms with Crippen LogP contribution in [0, 0.1) is 5.92 Å². The third-order valence-corrected chi connectivity index (χ3v) is 4.45. The zero-order valence-corrected chi connectivity index (χ0v) is 13.3. The molecule has 0 unspecified atom stereocenters. The Balaban J connectivity index is 1.47. The molecular weight excluding hydrogens is 302 g/mol. The van der Waals surface area contributed by atoms with Crippen molar-refractivity contribution in [2.24, 2.45) is 5.92 Å². The predicted molar refractivity (Wildman–Crippen MR) is 91.9 cm³/mol. The molecule has 0 spiro atoms. The van der Waals surface area contributed by atoms with E-state index >= 15 is 0 Å². The first-order valence-electron chi connectivity index (χ1n) is 8.21. The van der Waals surface area contributed by atoms with Gasteiger partial charge in [0.25, 0.3) is 5.91 Å². The van der Waals surface area contributed by atoms with Crippen LogP contribution >= 0.6 is 0 Å². The first-order valence-corrected chi connectivity index (χ1v) is 8.21. The van der Waals surface area contributed by atoms with Crippen molar-refractivity contribution in [3.05, 3.63) is 65.5 Å². The van der Waals surface area contributed by atoms with Crippen molar-refractivity contribution in [1.29, 1.82) is 0 Å². The van der Waals surface area contributed by atoms with Crippen LogP contribution in [-0.4, -0.2) is 30.7 Å². The minimum atomic E-state index is -0.171. The summed E-state index contributed by atoms with van der Waals surface area (Å²) in [6.07, 6.45) is 0.619. The minimum Gasteiger partial charge on any atom is -0.360 e. The van der Waals surface area contributed by atoms with Gasteiger partial charge in [-0.15, -0.1) is 0 Å². The minimum absolute atomic E-state index is 0.171. The van der Waals surface area contributed by atoms with E-state index in [2.05, 4.69) is 40.1 Å². The summed E-state index contributed by atoms with van der Waals surface area (Å²) in [5.41, 5.74) is 1.51. The Hall–Kier alpha value is -2.66. The van der Waals surface area contributed by atoms with Crippen molar-refractivity contribution in [3.8, 4) is 0 Å². The summed E-state index contributed by atoms with van der Waals surface area (Å²) >= 11 is 0. The van der Waals surface area contributed by atoms with Gasteiger partial charge in [-0.1, -0.05) is 47.6 Å². The molecule has 1 aliphatic rings. The van der Waals surface area contributed by atoms with E-state index in [1.807, 2.05) is 18.2 Å². The summed E-state index contributed by atoms with van der Waals surface area (Å²) in [6.45, 7) is 2.61. The van der Waals surface area contributed by atoms with Crippen LogP contribution in [0.2, 0.25) is 0 Å². The van der Waals surface area contributed by atoms with Crippen LogP contribution in [0.15, 0.2) is 53.1 Å². The molecule has 1 aromatic heterocycles. The summed E-state index contributed by atoms with van der Waals surface area (Å²) in [5.74, 6) is 1.05. The number of aromatic nitrogens is 1. The summed E-state index contributed by atoms with van der Waals surface area (Å²) in [5, 5.41) is 12.4. The third-order valence-electron chi connectivity index (χ3n) is 4.45. The quantitative estimate of drug-likeness (QED) is 0.757. The van der Waals surface area contributed by atoms with E-state index in [1.165, 1.54) is 10.8 Å². The predicted octanol–water partition coefficient (Wildman–Crippen LogP) is 2.37. The molecule has 2 heterocycles. The fourth-order valence-electron chi connectivity index (χ4n) is 2.96. The summed E-state index contributed by atoms with van der Waals surface area (Å²) in [7, 11) is 0. The molecule has 1 fully saturated rings. The number of nitrogens with one attached hydrogen (secondary N) is 2. The fourth-order valence-corrected chi connectivity index (χ4v) is 2.96. The lowest BCUT2D eigenvalue weighted by Gasteiger charge is -2.26. The molecular formula is C19H19N3O2. The number of carbonyl (C=O) groups is 1. The lowest BCUT2D eigenvalue weighted by atomic mass is 10.0. The average molecular weight is 321 g/mol. The maximum atomic E-state index is 12.1. The van der Waals surface area contributed by atoms with Gasteiger partial charge in [-0.2, -0.15) is 0 Å². The fraction of sp³-hybridized carbons (Fsp3) is 0.263. The molecule has 1 amide bonds. The molecule has 122 valence electrons.